The minimum absolute atomic E-state index is 0.0503. The molecule has 0 saturated heterocycles. The number of H-pyrrole nitrogens is 1. The number of nitrogens with one attached hydrogen (secondary N) is 4. The van der Waals surface area contributed by atoms with Crippen molar-refractivity contribution in [2.75, 3.05) is 6.54 Å². The maximum absolute atomic E-state index is 13.4. The number of aromatic nitrogens is 1. The van der Waals surface area contributed by atoms with Gasteiger partial charge in [0.15, 0.2) is 0 Å². The van der Waals surface area contributed by atoms with Gasteiger partial charge in [-0.05, 0) is 35.2 Å². The van der Waals surface area contributed by atoms with Crippen molar-refractivity contribution >= 4 is 34.6 Å². The molecule has 0 bridgehead atoms. The highest BCUT2D eigenvalue weighted by atomic mass is 16.4. The van der Waals surface area contributed by atoms with Gasteiger partial charge in [-0.1, -0.05) is 44.2 Å². The molecule has 0 saturated carbocycles. The van der Waals surface area contributed by atoms with Gasteiger partial charge in [0, 0.05) is 29.9 Å². The summed E-state index contributed by atoms with van der Waals surface area (Å²) < 4.78 is 0. The van der Waals surface area contributed by atoms with Crippen LogP contribution in [0.5, 0.6) is 5.75 Å². The topological polar surface area (TPSA) is 187 Å². The van der Waals surface area contributed by atoms with Crippen LogP contribution in [0.4, 0.5) is 0 Å². The summed E-state index contributed by atoms with van der Waals surface area (Å²) in [6.45, 7) is 3.00. The normalized spacial score (nSPS) is 13.5. The van der Waals surface area contributed by atoms with Gasteiger partial charge in [0.1, 0.15) is 23.9 Å². The SMILES string of the molecule is CC(C)C(NC(=O)C(Cc1c[nH]c2ccccc12)NC(=O)C(Cc1ccc(O)cc1)NC(=O)CN)C(=O)O. The van der Waals surface area contributed by atoms with E-state index in [9.17, 15) is 29.4 Å². The summed E-state index contributed by atoms with van der Waals surface area (Å²) in [5.41, 5.74) is 7.69. The Bertz CT molecular complexity index is 1290. The lowest BCUT2D eigenvalue weighted by molar-refractivity contribution is -0.143. The molecule has 202 valence electrons. The van der Waals surface area contributed by atoms with Crippen molar-refractivity contribution in [2.24, 2.45) is 11.7 Å². The Labute approximate surface area is 219 Å². The number of aliphatic carboxylic acids is 1. The molecule has 3 atom stereocenters. The molecule has 2 aromatic carbocycles. The van der Waals surface area contributed by atoms with Crippen molar-refractivity contribution in [1.82, 2.24) is 20.9 Å². The van der Waals surface area contributed by atoms with E-state index in [0.717, 1.165) is 16.5 Å². The first-order valence-electron chi connectivity index (χ1n) is 12.2. The number of benzene rings is 2. The third-order valence-electron chi connectivity index (χ3n) is 6.18. The van der Waals surface area contributed by atoms with Crippen molar-refractivity contribution in [2.45, 2.75) is 44.8 Å². The number of carbonyl (C=O) groups excluding carboxylic acids is 3. The second kappa shape index (κ2) is 12.7. The van der Waals surface area contributed by atoms with Crippen LogP contribution in [0.3, 0.4) is 0 Å². The van der Waals surface area contributed by atoms with Crippen LogP contribution >= 0.6 is 0 Å². The molecule has 11 heteroatoms. The predicted molar refractivity (Wildman–Crippen MR) is 141 cm³/mol. The van der Waals surface area contributed by atoms with E-state index in [1.54, 1.807) is 32.2 Å². The maximum Gasteiger partial charge on any atom is 0.326 e. The number of hydrogen-bond acceptors (Lipinski definition) is 6. The van der Waals surface area contributed by atoms with Gasteiger partial charge in [0.05, 0.1) is 6.54 Å². The first kappa shape index (κ1) is 28.2. The lowest BCUT2D eigenvalue weighted by Crippen LogP contribution is -2.57. The highest BCUT2D eigenvalue weighted by Crippen LogP contribution is 2.20. The van der Waals surface area contributed by atoms with E-state index in [1.807, 2.05) is 24.3 Å². The predicted octanol–water partition coefficient (Wildman–Crippen LogP) is 0.812. The Hall–Kier alpha value is -4.38. The third kappa shape index (κ3) is 7.32. The number of phenols is 1. The summed E-state index contributed by atoms with van der Waals surface area (Å²) in [6.07, 6.45) is 1.88. The number of fused-ring (bicyclic) bond motifs is 1. The van der Waals surface area contributed by atoms with Gasteiger partial charge in [-0.2, -0.15) is 0 Å². The zero-order valence-corrected chi connectivity index (χ0v) is 21.2. The van der Waals surface area contributed by atoms with Crippen molar-refractivity contribution in [3.8, 4) is 5.75 Å². The van der Waals surface area contributed by atoms with Crippen LogP contribution in [-0.2, 0) is 32.0 Å². The van der Waals surface area contributed by atoms with Crippen molar-refractivity contribution in [3.05, 3.63) is 65.9 Å². The molecular weight excluding hydrogens is 490 g/mol. The Balaban J connectivity index is 1.89. The minimum atomic E-state index is -1.19. The molecule has 3 aromatic rings. The van der Waals surface area contributed by atoms with Gasteiger partial charge in [-0.15, -0.1) is 0 Å². The summed E-state index contributed by atoms with van der Waals surface area (Å²) >= 11 is 0. The lowest BCUT2D eigenvalue weighted by Gasteiger charge is -2.25. The van der Waals surface area contributed by atoms with Crippen LogP contribution in [0.1, 0.15) is 25.0 Å². The lowest BCUT2D eigenvalue weighted by atomic mass is 10.00. The summed E-state index contributed by atoms with van der Waals surface area (Å²) in [5.74, 6) is -3.41. The number of aromatic hydroxyl groups is 1. The van der Waals surface area contributed by atoms with E-state index in [0.29, 0.717) is 5.56 Å². The summed E-state index contributed by atoms with van der Waals surface area (Å²) in [7, 11) is 0. The number of hydrogen-bond donors (Lipinski definition) is 7. The van der Waals surface area contributed by atoms with Gasteiger partial charge >= 0.3 is 5.97 Å². The number of amides is 3. The molecule has 8 N–H and O–H groups in total. The van der Waals surface area contributed by atoms with E-state index >= 15 is 0 Å². The average Bonchev–Trinajstić information content (AvgIpc) is 3.29. The highest BCUT2D eigenvalue weighted by Gasteiger charge is 2.31. The fraction of sp³-hybridized carbons (Fsp3) is 0.333. The van der Waals surface area contributed by atoms with Crippen LogP contribution in [0.15, 0.2) is 54.7 Å². The first-order chi connectivity index (χ1) is 18.1. The molecule has 0 aliphatic carbocycles. The Morgan fingerprint density at radius 1 is 0.895 bits per heavy atom. The molecule has 1 heterocycles. The molecule has 0 fully saturated rings. The smallest absolute Gasteiger partial charge is 0.326 e. The quantitative estimate of drug-likeness (QED) is 0.183. The molecule has 0 spiro atoms. The second-order valence-corrected chi connectivity index (χ2v) is 9.39. The van der Waals surface area contributed by atoms with Crippen molar-refractivity contribution in [1.29, 1.82) is 0 Å². The summed E-state index contributed by atoms with van der Waals surface area (Å²) in [4.78, 5) is 53.7. The zero-order chi connectivity index (χ0) is 27.8. The second-order valence-electron chi connectivity index (χ2n) is 9.39. The number of phenolic OH excluding ortho intramolecular Hbond substituents is 1. The molecule has 3 unspecified atom stereocenters. The number of nitrogens with two attached hydrogens (primary N) is 1. The Kier molecular flexibility index (Phi) is 9.44. The molecule has 11 nitrogen and oxygen atoms in total. The fourth-order valence-electron chi connectivity index (χ4n) is 4.10. The van der Waals surface area contributed by atoms with Gasteiger partial charge in [-0.25, -0.2) is 4.79 Å². The molecule has 3 rings (SSSR count). The van der Waals surface area contributed by atoms with Crippen LogP contribution in [0.25, 0.3) is 10.9 Å². The van der Waals surface area contributed by atoms with E-state index in [1.165, 1.54) is 12.1 Å². The number of carboxylic acids is 1. The average molecular weight is 524 g/mol. The number of carbonyl (C=O) groups is 4. The van der Waals surface area contributed by atoms with Crippen molar-refractivity contribution < 1.29 is 29.4 Å². The van der Waals surface area contributed by atoms with Gasteiger partial charge in [0.2, 0.25) is 17.7 Å². The van der Waals surface area contributed by atoms with E-state index in [2.05, 4.69) is 20.9 Å². The third-order valence-corrected chi connectivity index (χ3v) is 6.18. The molecule has 3 amide bonds. The zero-order valence-electron chi connectivity index (χ0n) is 21.2. The van der Waals surface area contributed by atoms with Crippen LogP contribution in [0.2, 0.25) is 0 Å². The van der Waals surface area contributed by atoms with Crippen LogP contribution in [0, 0.1) is 5.92 Å². The molecule has 1 aromatic heterocycles. The highest BCUT2D eigenvalue weighted by molar-refractivity contribution is 5.94. The van der Waals surface area contributed by atoms with Crippen LogP contribution in [-0.4, -0.2) is 63.6 Å². The number of carboxylic acid groups (broad SMARTS) is 1. The Morgan fingerprint density at radius 3 is 2.16 bits per heavy atom. The summed E-state index contributed by atoms with van der Waals surface area (Å²) in [6, 6.07) is 10.2. The maximum atomic E-state index is 13.4. The van der Waals surface area contributed by atoms with E-state index < -0.39 is 47.7 Å². The molecule has 0 radical (unpaired) electrons. The van der Waals surface area contributed by atoms with E-state index in [4.69, 9.17) is 5.73 Å². The minimum Gasteiger partial charge on any atom is -0.508 e. The fourth-order valence-corrected chi connectivity index (χ4v) is 4.10. The number of para-hydroxylation sites is 1. The van der Waals surface area contributed by atoms with Gasteiger partial charge in [-0.3, -0.25) is 14.4 Å². The number of rotatable bonds is 12. The Morgan fingerprint density at radius 2 is 1.53 bits per heavy atom. The standard InChI is InChI=1S/C27H33N5O6/c1-15(2)24(27(37)38)32-26(36)22(12-17-14-29-20-6-4-3-5-19(17)20)31-25(35)21(30-23(34)13-28)11-16-7-9-18(33)10-8-16/h3-10,14-15,21-22,24,29,33H,11-13,28H2,1-2H3,(H,30,34)(H,31,35)(H,32,36)(H,37,38). The number of aromatic amines is 1. The van der Waals surface area contributed by atoms with Gasteiger partial charge < -0.3 is 36.9 Å². The van der Waals surface area contributed by atoms with Gasteiger partial charge in [0.25, 0.3) is 0 Å². The van der Waals surface area contributed by atoms with E-state index in [-0.39, 0.29) is 25.1 Å². The van der Waals surface area contributed by atoms with Crippen LogP contribution < -0.4 is 21.7 Å². The molecular formula is C27H33N5O6. The largest absolute Gasteiger partial charge is 0.508 e. The molecule has 0 aliphatic rings. The summed E-state index contributed by atoms with van der Waals surface area (Å²) in [5, 5.41) is 27.8. The van der Waals surface area contributed by atoms with Crippen molar-refractivity contribution in [3.63, 3.8) is 0 Å². The monoisotopic (exact) mass is 523 g/mol. The molecule has 38 heavy (non-hydrogen) atoms. The first-order valence-corrected chi connectivity index (χ1v) is 12.2. The molecule has 0 aliphatic heterocycles.